The van der Waals surface area contributed by atoms with Crippen LogP contribution in [0.15, 0.2) is 0 Å². The van der Waals surface area contributed by atoms with Crippen LogP contribution in [0.4, 0.5) is 4.79 Å². The molecule has 4 atom stereocenters. The van der Waals surface area contributed by atoms with Crippen molar-refractivity contribution in [3.05, 3.63) is 0 Å². The van der Waals surface area contributed by atoms with Gasteiger partial charge in [-0.15, -0.1) is 11.8 Å². The summed E-state index contributed by atoms with van der Waals surface area (Å²) in [5, 5.41) is 9.34. The fraction of sp³-hybridized carbons (Fsp3) is 0.867. The van der Waals surface area contributed by atoms with E-state index in [9.17, 15) is 14.7 Å². The summed E-state index contributed by atoms with van der Waals surface area (Å²) in [6.07, 6.45) is 5.22. The largest absolute Gasteiger partial charge is 0.480 e. The van der Waals surface area contributed by atoms with Gasteiger partial charge in [0.25, 0.3) is 0 Å². The van der Waals surface area contributed by atoms with E-state index in [4.69, 9.17) is 0 Å². The van der Waals surface area contributed by atoms with E-state index in [1.807, 2.05) is 14.0 Å². The molecular formula is C15H26N2O3S. The zero-order chi connectivity index (χ0) is 15.6. The van der Waals surface area contributed by atoms with Crippen molar-refractivity contribution in [2.24, 2.45) is 5.92 Å². The van der Waals surface area contributed by atoms with E-state index in [0.717, 1.165) is 25.7 Å². The molecule has 4 unspecified atom stereocenters. The highest BCUT2D eigenvalue weighted by Gasteiger charge is 2.43. The van der Waals surface area contributed by atoms with Crippen molar-refractivity contribution in [2.45, 2.75) is 63.4 Å². The van der Waals surface area contributed by atoms with Crippen LogP contribution >= 0.6 is 11.8 Å². The van der Waals surface area contributed by atoms with Gasteiger partial charge in [0.2, 0.25) is 0 Å². The molecular weight excluding hydrogens is 288 g/mol. The Kier molecular flexibility index (Phi) is 5.41. The first-order valence-electron chi connectivity index (χ1n) is 7.85. The first-order valence-corrected chi connectivity index (χ1v) is 8.90. The molecule has 120 valence electrons. The van der Waals surface area contributed by atoms with Crippen LogP contribution in [0.1, 0.15) is 46.0 Å². The van der Waals surface area contributed by atoms with E-state index in [2.05, 4.69) is 6.92 Å². The standard InChI is InChI=1S/C15H26N2O3S/c1-4-13-17(12(9-21-13)14(18)19)15(20)16(3)11-7-5-6-10(2)8-11/h10-13H,4-9H2,1-3H3,(H,18,19). The van der Waals surface area contributed by atoms with Crippen molar-refractivity contribution in [1.82, 2.24) is 9.80 Å². The summed E-state index contributed by atoms with van der Waals surface area (Å²) in [5.74, 6) is 0.246. The lowest BCUT2D eigenvalue weighted by molar-refractivity contribution is -0.141. The molecule has 1 saturated carbocycles. The van der Waals surface area contributed by atoms with Gasteiger partial charge in [-0.25, -0.2) is 9.59 Å². The molecule has 2 aliphatic rings. The van der Waals surface area contributed by atoms with Crippen molar-refractivity contribution in [1.29, 1.82) is 0 Å². The van der Waals surface area contributed by atoms with Crippen molar-refractivity contribution in [2.75, 3.05) is 12.8 Å². The number of carbonyl (C=O) groups excluding carboxylic acids is 1. The number of aliphatic carboxylic acids is 1. The number of carboxylic acids is 1. The number of thioether (sulfide) groups is 1. The summed E-state index contributed by atoms with van der Waals surface area (Å²) in [4.78, 5) is 27.6. The van der Waals surface area contributed by atoms with Crippen molar-refractivity contribution >= 4 is 23.8 Å². The third kappa shape index (κ3) is 3.47. The molecule has 0 bridgehead atoms. The van der Waals surface area contributed by atoms with Gasteiger partial charge in [-0.1, -0.05) is 26.7 Å². The van der Waals surface area contributed by atoms with Gasteiger partial charge < -0.3 is 10.0 Å². The molecule has 2 fully saturated rings. The molecule has 1 saturated heterocycles. The van der Waals surface area contributed by atoms with E-state index in [1.54, 1.807) is 21.6 Å². The zero-order valence-electron chi connectivity index (χ0n) is 13.1. The first kappa shape index (κ1) is 16.5. The van der Waals surface area contributed by atoms with Gasteiger partial charge >= 0.3 is 12.0 Å². The zero-order valence-corrected chi connectivity index (χ0v) is 13.9. The fourth-order valence-corrected chi connectivity index (χ4v) is 4.76. The van der Waals surface area contributed by atoms with E-state index in [1.165, 1.54) is 6.42 Å². The summed E-state index contributed by atoms with van der Waals surface area (Å²) < 4.78 is 0. The van der Waals surface area contributed by atoms with Crippen molar-refractivity contribution < 1.29 is 14.7 Å². The van der Waals surface area contributed by atoms with Crippen molar-refractivity contribution in [3.63, 3.8) is 0 Å². The number of rotatable bonds is 3. The molecule has 5 nitrogen and oxygen atoms in total. The van der Waals surface area contributed by atoms with Gasteiger partial charge in [0, 0.05) is 18.8 Å². The van der Waals surface area contributed by atoms with Crippen LogP contribution in [-0.4, -0.2) is 57.2 Å². The van der Waals surface area contributed by atoms with Gasteiger partial charge in [0.1, 0.15) is 6.04 Å². The number of hydrogen-bond acceptors (Lipinski definition) is 3. The van der Waals surface area contributed by atoms with Crippen LogP contribution in [0.3, 0.4) is 0 Å². The van der Waals surface area contributed by atoms with Crippen LogP contribution in [0.5, 0.6) is 0 Å². The maximum absolute atomic E-state index is 12.8. The Balaban J connectivity index is 2.10. The fourth-order valence-electron chi connectivity index (χ4n) is 3.42. The number of amides is 2. The normalized spacial score (nSPS) is 33.0. The average Bonchev–Trinajstić information content (AvgIpc) is 2.89. The molecule has 0 aromatic heterocycles. The summed E-state index contributed by atoms with van der Waals surface area (Å²) in [5.41, 5.74) is 0. The van der Waals surface area contributed by atoms with Crippen LogP contribution in [-0.2, 0) is 4.79 Å². The molecule has 21 heavy (non-hydrogen) atoms. The Morgan fingerprint density at radius 2 is 2.10 bits per heavy atom. The number of carboxylic acid groups (broad SMARTS) is 1. The molecule has 0 radical (unpaired) electrons. The lowest BCUT2D eigenvalue weighted by Gasteiger charge is -2.38. The number of hydrogen-bond donors (Lipinski definition) is 1. The predicted molar refractivity (Wildman–Crippen MR) is 84.4 cm³/mol. The van der Waals surface area contributed by atoms with Gasteiger partial charge in [0.15, 0.2) is 0 Å². The molecule has 2 rings (SSSR count). The summed E-state index contributed by atoms with van der Waals surface area (Å²) in [6.45, 7) is 4.23. The Morgan fingerprint density at radius 1 is 1.38 bits per heavy atom. The van der Waals surface area contributed by atoms with Crippen LogP contribution < -0.4 is 0 Å². The number of carbonyl (C=O) groups is 2. The Hall–Kier alpha value is -0.910. The summed E-state index contributed by atoms with van der Waals surface area (Å²) in [6, 6.07) is -0.548. The highest BCUT2D eigenvalue weighted by molar-refractivity contribution is 8.00. The average molecular weight is 314 g/mol. The Morgan fingerprint density at radius 3 is 2.67 bits per heavy atom. The highest BCUT2D eigenvalue weighted by Crippen LogP contribution is 2.34. The molecule has 6 heteroatoms. The van der Waals surface area contributed by atoms with Crippen LogP contribution in [0.2, 0.25) is 0 Å². The smallest absolute Gasteiger partial charge is 0.327 e. The SMILES string of the molecule is CCC1SCC(C(=O)O)N1C(=O)N(C)C1CCCC(C)C1. The molecule has 2 amide bonds. The molecule has 1 aliphatic carbocycles. The molecule has 1 heterocycles. The lowest BCUT2D eigenvalue weighted by Crippen LogP contribution is -2.53. The molecule has 1 N–H and O–H groups in total. The molecule has 0 spiro atoms. The quantitative estimate of drug-likeness (QED) is 0.870. The minimum Gasteiger partial charge on any atom is -0.480 e. The second-order valence-corrected chi connectivity index (χ2v) is 7.49. The monoisotopic (exact) mass is 314 g/mol. The molecule has 1 aliphatic heterocycles. The Bertz CT molecular complexity index is 404. The van der Waals surface area contributed by atoms with Crippen molar-refractivity contribution in [3.8, 4) is 0 Å². The summed E-state index contributed by atoms with van der Waals surface area (Å²) >= 11 is 1.58. The summed E-state index contributed by atoms with van der Waals surface area (Å²) in [7, 11) is 1.83. The maximum Gasteiger partial charge on any atom is 0.327 e. The van der Waals surface area contributed by atoms with E-state index >= 15 is 0 Å². The lowest BCUT2D eigenvalue weighted by atomic mass is 9.86. The van der Waals surface area contributed by atoms with Gasteiger partial charge in [-0.2, -0.15) is 0 Å². The third-order valence-electron chi connectivity index (χ3n) is 4.71. The van der Waals surface area contributed by atoms with Gasteiger partial charge in [-0.05, 0) is 25.2 Å². The second-order valence-electron chi connectivity index (χ2n) is 6.28. The minimum atomic E-state index is -0.891. The second kappa shape index (κ2) is 6.90. The van der Waals surface area contributed by atoms with E-state index in [0.29, 0.717) is 11.7 Å². The van der Waals surface area contributed by atoms with Crippen LogP contribution in [0, 0.1) is 5.92 Å². The van der Waals surface area contributed by atoms with Gasteiger partial charge in [0.05, 0.1) is 5.37 Å². The minimum absolute atomic E-state index is 0.0120. The highest BCUT2D eigenvalue weighted by atomic mass is 32.2. The molecule has 0 aromatic rings. The Labute approximate surface area is 131 Å². The maximum atomic E-state index is 12.8. The number of nitrogens with zero attached hydrogens (tertiary/aromatic N) is 2. The van der Waals surface area contributed by atoms with E-state index < -0.39 is 12.0 Å². The predicted octanol–water partition coefficient (Wildman–Crippen LogP) is 2.86. The number of urea groups is 1. The third-order valence-corrected chi connectivity index (χ3v) is 6.16. The molecule has 0 aromatic carbocycles. The van der Waals surface area contributed by atoms with Gasteiger partial charge in [-0.3, -0.25) is 4.90 Å². The van der Waals surface area contributed by atoms with E-state index in [-0.39, 0.29) is 17.4 Å². The topological polar surface area (TPSA) is 60.9 Å². The van der Waals surface area contributed by atoms with Crippen LogP contribution in [0.25, 0.3) is 0 Å². The first-order chi connectivity index (χ1) is 9.95.